The van der Waals surface area contributed by atoms with Crippen LogP contribution in [0.15, 0.2) is 24.9 Å². The summed E-state index contributed by atoms with van der Waals surface area (Å²) in [5, 5.41) is 0. The normalized spacial score (nSPS) is 15.9. The second-order valence-electron chi connectivity index (χ2n) is 4.33. The predicted molar refractivity (Wildman–Crippen MR) is 77.0 cm³/mol. The maximum Gasteiger partial charge on any atom is 0.129 e. The van der Waals surface area contributed by atoms with Gasteiger partial charge in [-0.1, -0.05) is 26.8 Å². The number of pyridine rings is 1. The van der Waals surface area contributed by atoms with E-state index in [9.17, 15) is 0 Å². The standard InChI is InChI=1S/C13H19N3.CH4.H2/c1-11(14)12-6-7-15-13(10-12)16-8-4-2-3-5-9-16;;/h6-7,10H,1-5,8-9,14H2;1H4;1H. The summed E-state index contributed by atoms with van der Waals surface area (Å²) in [6.45, 7) is 5.97. The van der Waals surface area contributed by atoms with Crippen LogP contribution >= 0.6 is 0 Å². The summed E-state index contributed by atoms with van der Waals surface area (Å²) in [7, 11) is 0. The van der Waals surface area contributed by atoms with Gasteiger partial charge in [0.15, 0.2) is 0 Å². The molecule has 96 valence electrons. The molecule has 1 aliphatic rings. The molecule has 17 heavy (non-hydrogen) atoms. The summed E-state index contributed by atoms with van der Waals surface area (Å²) in [5.41, 5.74) is 7.29. The SMILES string of the molecule is C.C=C(N)c1ccnc(N2CCCCCC2)c1.[HH]. The number of aromatic nitrogens is 1. The first-order chi connectivity index (χ1) is 7.77. The van der Waals surface area contributed by atoms with Crippen molar-refractivity contribution in [3.05, 3.63) is 30.5 Å². The van der Waals surface area contributed by atoms with Gasteiger partial charge in [0.05, 0.1) is 0 Å². The first-order valence-corrected chi connectivity index (χ1v) is 5.93. The van der Waals surface area contributed by atoms with Gasteiger partial charge in [-0.15, -0.1) is 0 Å². The molecule has 0 radical (unpaired) electrons. The molecule has 0 bridgehead atoms. The largest absolute Gasteiger partial charge is 0.399 e. The molecule has 2 heterocycles. The van der Waals surface area contributed by atoms with Crippen molar-refractivity contribution in [1.29, 1.82) is 0 Å². The fourth-order valence-corrected chi connectivity index (χ4v) is 2.09. The van der Waals surface area contributed by atoms with Crippen LogP contribution in [0.5, 0.6) is 0 Å². The molecule has 1 fully saturated rings. The molecule has 2 N–H and O–H groups in total. The van der Waals surface area contributed by atoms with Crippen molar-refractivity contribution in [1.82, 2.24) is 4.98 Å². The van der Waals surface area contributed by atoms with Crippen LogP contribution in [0, 0.1) is 0 Å². The van der Waals surface area contributed by atoms with Crippen molar-refractivity contribution in [3.8, 4) is 0 Å². The Balaban J connectivity index is 0.00000144. The second kappa shape index (κ2) is 6.28. The number of nitrogens with zero attached hydrogens (tertiary/aromatic N) is 2. The molecule has 0 aromatic carbocycles. The van der Waals surface area contributed by atoms with Crippen LogP contribution in [0.3, 0.4) is 0 Å². The lowest BCUT2D eigenvalue weighted by atomic mass is 10.2. The number of hydrogen-bond acceptors (Lipinski definition) is 3. The molecule has 3 nitrogen and oxygen atoms in total. The van der Waals surface area contributed by atoms with Crippen molar-refractivity contribution in [2.75, 3.05) is 18.0 Å². The Kier molecular flexibility index (Phi) is 5.01. The van der Waals surface area contributed by atoms with E-state index >= 15 is 0 Å². The van der Waals surface area contributed by atoms with Gasteiger partial charge in [0.2, 0.25) is 0 Å². The Morgan fingerprint density at radius 2 is 1.94 bits per heavy atom. The molecule has 0 spiro atoms. The lowest BCUT2D eigenvalue weighted by Gasteiger charge is -2.21. The molecule has 0 aliphatic carbocycles. The quantitative estimate of drug-likeness (QED) is 0.855. The molecule has 1 aromatic rings. The maximum atomic E-state index is 5.70. The van der Waals surface area contributed by atoms with E-state index in [1.54, 1.807) is 0 Å². The Morgan fingerprint density at radius 1 is 1.29 bits per heavy atom. The van der Waals surface area contributed by atoms with E-state index in [0.717, 1.165) is 24.5 Å². The molecule has 1 aromatic heterocycles. The highest BCUT2D eigenvalue weighted by Gasteiger charge is 2.11. The van der Waals surface area contributed by atoms with Crippen LogP contribution in [0.4, 0.5) is 5.82 Å². The first-order valence-electron chi connectivity index (χ1n) is 5.93. The minimum Gasteiger partial charge on any atom is -0.399 e. The van der Waals surface area contributed by atoms with Crippen molar-refractivity contribution in [3.63, 3.8) is 0 Å². The third kappa shape index (κ3) is 3.48. The van der Waals surface area contributed by atoms with E-state index in [0.29, 0.717) is 5.70 Å². The van der Waals surface area contributed by atoms with Gasteiger partial charge in [-0.05, 0) is 25.0 Å². The smallest absolute Gasteiger partial charge is 0.129 e. The van der Waals surface area contributed by atoms with Gasteiger partial charge in [-0.3, -0.25) is 0 Å². The van der Waals surface area contributed by atoms with E-state index in [2.05, 4.69) is 16.5 Å². The van der Waals surface area contributed by atoms with Crippen LogP contribution in [-0.2, 0) is 0 Å². The fourth-order valence-electron chi connectivity index (χ4n) is 2.09. The van der Waals surface area contributed by atoms with E-state index in [-0.39, 0.29) is 8.85 Å². The lowest BCUT2D eigenvalue weighted by molar-refractivity contribution is 0.726. The van der Waals surface area contributed by atoms with Crippen LogP contribution < -0.4 is 10.6 Å². The molecule has 1 saturated heterocycles. The zero-order valence-corrected chi connectivity index (χ0v) is 9.65. The highest BCUT2D eigenvalue weighted by atomic mass is 15.2. The summed E-state index contributed by atoms with van der Waals surface area (Å²) in [5.74, 6) is 1.03. The number of hydrogen-bond donors (Lipinski definition) is 1. The third-order valence-electron chi connectivity index (χ3n) is 3.05. The molecular weight excluding hydrogens is 210 g/mol. The molecule has 3 heteroatoms. The Morgan fingerprint density at radius 3 is 2.53 bits per heavy atom. The number of nitrogens with two attached hydrogens (primary N) is 1. The van der Waals surface area contributed by atoms with Gasteiger partial charge in [-0.25, -0.2) is 4.98 Å². The topological polar surface area (TPSA) is 42.1 Å². The minimum absolute atomic E-state index is 0. The summed E-state index contributed by atoms with van der Waals surface area (Å²) >= 11 is 0. The molecule has 1 aliphatic heterocycles. The zero-order valence-electron chi connectivity index (χ0n) is 9.65. The Hall–Kier alpha value is -1.51. The van der Waals surface area contributed by atoms with Crippen LogP contribution in [0.1, 0.15) is 40.1 Å². The molecule has 0 unspecified atom stereocenters. The molecular formula is C14H25N3. The van der Waals surface area contributed by atoms with Gasteiger partial charge in [0.1, 0.15) is 5.82 Å². The van der Waals surface area contributed by atoms with Crippen LogP contribution in [-0.4, -0.2) is 18.1 Å². The van der Waals surface area contributed by atoms with Gasteiger partial charge in [0, 0.05) is 32.0 Å². The van der Waals surface area contributed by atoms with E-state index in [1.807, 2.05) is 18.3 Å². The second-order valence-corrected chi connectivity index (χ2v) is 4.33. The highest BCUT2D eigenvalue weighted by Crippen LogP contribution is 2.19. The van der Waals surface area contributed by atoms with Crippen LogP contribution in [0.25, 0.3) is 5.70 Å². The third-order valence-corrected chi connectivity index (χ3v) is 3.05. The predicted octanol–water partition coefficient (Wildman–Crippen LogP) is 3.27. The molecule has 2 rings (SSSR count). The molecule has 0 saturated carbocycles. The Bertz CT molecular complexity index is 371. The fraction of sp³-hybridized carbons (Fsp3) is 0.500. The van der Waals surface area contributed by atoms with Crippen molar-refractivity contribution in [2.45, 2.75) is 33.1 Å². The van der Waals surface area contributed by atoms with E-state index in [4.69, 9.17) is 5.73 Å². The number of rotatable bonds is 2. The number of anilines is 1. The summed E-state index contributed by atoms with van der Waals surface area (Å²) in [6.07, 6.45) is 7.00. The van der Waals surface area contributed by atoms with Crippen molar-refractivity contribution in [2.24, 2.45) is 5.73 Å². The van der Waals surface area contributed by atoms with E-state index in [1.165, 1.54) is 25.7 Å². The van der Waals surface area contributed by atoms with Crippen molar-refractivity contribution < 1.29 is 1.43 Å². The minimum atomic E-state index is 0. The Labute approximate surface area is 106 Å². The molecule has 0 atom stereocenters. The zero-order chi connectivity index (χ0) is 11.4. The average molecular weight is 235 g/mol. The summed E-state index contributed by atoms with van der Waals surface area (Å²) in [4.78, 5) is 6.76. The van der Waals surface area contributed by atoms with Gasteiger partial charge < -0.3 is 10.6 Å². The summed E-state index contributed by atoms with van der Waals surface area (Å²) < 4.78 is 0. The highest BCUT2D eigenvalue weighted by molar-refractivity contribution is 5.63. The first kappa shape index (κ1) is 13.6. The van der Waals surface area contributed by atoms with Crippen molar-refractivity contribution >= 4 is 11.5 Å². The van der Waals surface area contributed by atoms with Gasteiger partial charge in [-0.2, -0.15) is 0 Å². The summed E-state index contributed by atoms with van der Waals surface area (Å²) in [6, 6.07) is 3.94. The maximum absolute atomic E-state index is 5.70. The van der Waals surface area contributed by atoms with E-state index < -0.39 is 0 Å². The van der Waals surface area contributed by atoms with Gasteiger partial charge >= 0.3 is 0 Å². The average Bonchev–Trinajstić information content (AvgIpc) is 2.57. The monoisotopic (exact) mass is 235 g/mol. The van der Waals surface area contributed by atoms with Crippen LogP contribution in [0.2, 0.25) is 0 Å². The lowest BCUT2D eigenvalue weighted by Crippen LogP contribution is -2.24. The van der Waals surface area contributed by atoms with Gasteiger partial charge in [0.25, 0.3) is 0 Å². The molecule has 0 amide bonds.